The number of ether oxygens (including phenoxy) is 1. The molecule has 0 aliphatic carbocycles. The molecule has 25 heteroatoms. The van der Waals surface area contributed by atoms with Crippen LogP contribution in [0.5, 0.6) is 5.75 Å². The fraction of sp³-hybridized carbons (Fsp3) is 0.333. The summed E-state index contributed by atoms with van der Waals surface area (Å²) < 4.78 is 25.9. The second-order valence-corrected chi connectivity index (χ2v) is 16.5. The maximum absolute atomic E-state index is 14.4. The number of aliphatic hydroxyl groups excluding tert-OH is 4. The number of phosphoric ester groups is 1. The van der Waals surface area contributed by atoms with Crippen LogP contribution >= 0.6 is 7.82 Å². The van der Waals surface area contributed by atoms with E-state index < -0.39 is 91.8 Å². The molecule has 4 aromatic carbocycles. The first-order valence-electron chi connectivity index (χ1n) is 20.6. The normalized spacial score (nSPS) is 19.6. The third-order valence-electron chi connectivity index (χ3n) is 10.5. The summed E-state index contributed by atoms with van der Waals surface area (Å²) in [4.78, 5) is 85.4. The lowest BCUT2D eigenvalue weighted by Gasteiger charge is -2.40. The molecule has 4 amide bonds. The fourth-order valence-corrected chi connectivity index (χ4v) is 7.57. The van der Waals surface area contributed by atoms with Crippen LogP contribution in [0.2, 0.25) is 0 Å². The van der Waals surface area contributed by atoms with Gasteiger partial charge in [0.15, 0.2) is 11.8 Å². The molecule has 0 unspecified atom stereocenters. The minimum atomic E-state index is -4.92. The lowest BCUT2D eigenvalue weighted by molar-refractivity contribution is -0.383. The van der Waals surface area contributed by atoms with Crippen molar-refractivity contribution in [3.63, 3.8) is 0 Å². The highest BCUT2D eigenvalue weighted by atomic mass is 31.2. The van der Waals surface area contributed by atoms with Crippen molar-refractivity contribution in [2.24, 2.45) is 0 Å². The molecule has 1 aliphatic heterocycles. The number of hydrogen-bond acceptors (Lipinski definition) is 17. The monoisotopic (exact) mass is 950 g/mol. The molecule has 0 saturated carbocycles. The minimum Gasteiger partial charge on any atom is -0.404 e. The van der Waals surface area contributed by atoms with Gasteiger partial charge in [-0.05, 0) is 45.2 Å². The van der Waals surface area contributed by atoms with Gasteiger partial charge >= 0.3 is 13.5 Å². The maximum Gasteiger partial charge on any atom is 0.524 e. The van der Waals surface area contributed by atoms with Crippen molar-refractivity contribution in [1.29, 1.82) is 0 Å². The topological polar surface area (TPSA) is 367 Å². The van der Waals surface area contributed by atoms with Gasteiger partial charge in [0.05, 0.1) is 17.2 Å². The molecule has 6 rings (SSSR count). The van der Waals surface area contributed by atoms with Gasteiger partial charge in [0.1, 0.15) is 48.2 Å². The molecule has 356 valence electrons. The zero-order chi connectivity index (χ0) is 48.3. The largest absolute Gasteiger partial charge is 0.524 e. The number of aromatic nitrogens is 2. The lowest BCUT2D eigenvalue weighted by Crippen LogP contribution is -2.66. The predicted octanol–water partition coefficient (Wildman–Crippen LogP) is -0.497. The molecule has 0 radical (unpaired) electrons. The predicted molar refractivity (Wildman–Crippen MR) is 232 cm³/mol. The van der Waals surface area contributed by atoms with Crippen LogP contribution in [0.4, 0.5) is 11.4 Å². The number of fused-ring (bicyclic) bond motifs is 1. The summed E-state index contributed by atoms with van der Waals surface area (Å²) in [6.07, 6.45) is -7.55. The molecule has 11 N–H and O–H groups in total. The van der Waals surface area contributed by atoms with E-state index >= 15 is 0 Å². The molecule has 1 fully saturated rings. The number of aliphatic hydroxyl groups is 4. The van der Waals surface area contributed by atoms with Crippen molar-refractivity contribution < 1.29 is 72.8 Å². The number of nitro benzene ring substituents is 1. The smallest absolute Gasteiger partial charge is 0.404 e. The van der Waals surface area contributed by atoms with E-state index in [0.717, 1.165) is 0 Å². The fourth-order valence-electron chi connectivity index (χ4n) is 7.17. The van der Waals surface area contributed by atoms with Gasteiger partial charge in [-0.25, -0.2) is 9.19 Å². The number of nitro groups is 1. The van der Waals surface area contributed by atoms with Crippen LogP contribution in [-0.4, -0.2) is 131 Å². The Morgan fingerprint density at radius 1 is 0.731 bits per heavy atom. The Bertz CT molecular complexity index is 2550. The van der Waals surface area contributed by atoms with E-state index in [0.29, 0.717) is 22.4 Å². The maximum atomic E-state index is 14.4. The van der Waals surface area contributed by atoms with Crippen molar-refractivity contribution >= 4 is 53.9 Å². The molecular weight excluding hydrogens is 903 g/mol. The number of carbonyl (C=O) groups is 4. The third-order valence-corrected chi connectivity index (χ3v) is 11.0. The Morgan fingerprint density at radius 3 is 1.82 bits per heavy atom. The SMILES string of the molecule is O=C(CCNc1ccc([N+](=O)[O-])c2nonc12)N[C@H](Cc1ccccc1)C(=O)N[C@H](Cc1ccccc1)C(=O)N[C@H](Cc1ccc(OP(=O)(O)O)cc1)C(=O)N[C@@H]1[C@@H](O)[C@H](O)[C@@H](CO)O[C@H]1O. The molecule has 0 bridgehead atoms. The van der Waals surface area contributed by atoms with Crippen molar-refractivity contribution in [3.05, 3.63) is 124 Å². The van der Waals surface area contributed by atoms with Gasteiger partial charge in [-0.15, -0.1) is 0 Å². The van der Waals surface area contributed by atoms with E-state index in [2.05, 4.69) is 41.4 Å². The van der Waals surface area contributed by atoms with Gasteiger partial charge < -0.3 is 56.3 Å². The zero-order valence-corrected chi connectivity index (χ0v) is 36.0. The summed E-state index contributed by atoms with van der Waals surface area (Å²) >= 11 is 0. The average molecular weight is 951 g/mol. The highest BCUT2D eigenvalue weighted by Gasteiger charge is 2.45. The molecule has 0 spiro atoms. The highest BCUT2D eigenvalue weighted by Crippen LogP contribution is 2.37. The Hall–Kier alpha value is -6.89. The number of non-ortho nitro benzene ring substituents is 1. The number of phosphoric acid groups is 1. The molecule has 1 saturated heterocycles. The molecule has 1 aromatic heterocycles. The number of amides is 4. The van der Waals surface area contributed by atoms with Gasteiger partial charge in [0, 0.05) is 38.3 Å². The van der Waals surface area contributed by atoms with Crippen LogP contribution in [0.25, 0.3) is 11.0 Å². The second-order valence-electron chi connectivity index (χ2n) is 15.3. The lowest BCUT2D eigenvalue weighted by atomic mass is 9.96. The Morgan fingerprint density at radius 2 is 1.27 bits per heavy atom. The van der Waals surface area contributed by atoms with E-state index in [9.17, 15) is 64.1 Å². The van der Waals surface area contributed by atoms with E-state index in [-0.39, 0.29) is 54.7 Å². The van der Waals surface area contributed by atoms with Gasteiger partial charge in [-0.1, -0.05) is 72.8 Å². The van der Waals surface area contributed by atoms with Crippen LogP contribution in [-0.2, 0) is 47.7 Å². The number of benzene rings is 4. The van der Waals surface area contributed by atoms with Gasteiger partial charge in [0.25, 0.3) is 0 Å². The molecule has 24 nitrogen and oxygen atoms in total. The van der Waals surface area contributed by atoms with Crippen molar-refractivity contribution in [1.82, 2.24) is 31.6 Å². The van der Waals surface area contributed by atoms with E-state index in [1.165, 1.54) is 36.4 Å². The van der Waals surface area contributed by atoms with E-state index in [4.69, 9.17) is 9.37 Å². The van der Waals surface area contributed by atoms with Gasteiger partial charge in [-0.2, -0.15) is 0 Å². The Balaban J connectivity index is 1.22. The second kappa shape index (κ2) is 22.5. The van der Waals surface area contributed by atoms with Gasteiger partial charge in [-0.3, -0.25) is 39.1 Å². The molecular formula is C42H47N8O16P. The minimum absolute atomic E-state index is 0.0186. The summed E-state index contributed by atoms with van der Waals surface area (Å²) in [5.41, 5.74) is 1.49. The van der Waals surface area contributed by atoms with E-state index in [1.807, 2.05) is 0 Å². The quantitative estimate of drug-likeness (QED) is 0.0251. The number of carbonyl (C=O) groups excluding carboxylic acids is 4. The Labute approximate surface area is 380 Å². The molecule has 1 aliphatic rings. The van der Waals surface area contributed by atoms with E-state index in [1.54, 1.807) is 60.7 Å². The van der Waals surface area contributed by atoms with Crippen molar-refractivity contribution in [2.75, 3.05) is 18.5 Å². The zero-order valence-electron chi connectivity index (χ0n) is 35.2. The molecule has 2 heterocycles. The molecule has 67 heavy (non-hydrogen) atoms. The first-order chi connectivity index (χ1) is 32.0. The number of anilines is 1. The Kier molecular flexibility index (Phi) is 16.7. The van der Waals surface area contributed by atoms with Crippen molar-refractivity contribution in [3.8, 4) is 5.75 Å². The number of nitrogens with zero attached hydrogens (tertiary/aromatic N) is 3. The molecule has 8 atom stereocenters. The van der Waals surface area contributed by atoms with Crippen LogP contribution in [0.1, 0.15) is 23.1 Å². The van der Waals surface area contributed by atoms with Crippen LogP contribution in [0.3, 0.4) is 0 Å². The summed E-state index contributed by atoms with van der Waals surface area (Å²) in [5.74, 6) is -3.50. The van der Waals surface area contributed by atoms with Crippen LogP contribution in [0, 0.1) is 10.1 Å². The summed E-state index contributed by atoms with van der Waals surface area (Å²) in [6, 6.07) is 19.0. The average Bonchev–Trinajstić information content (AvgIpc) is 3.80. The number of hydrogen-bond donors (Lipinski definition) is 11. The van der Waals surface area contributed by atoms with Crippen molar-refractivity contribution in [2.45, 2.75) is 74.5 Å². The third kappa shape index (κ3) is 13.6. The standard InChI is InChI=1S/C42H47N8O16P/c51-22-32-37(53)38(54)36(42(58)64-32)47-41(57)30(21-25-11-13-26(14-12-25)65-67(61,62)63)46-40(56)29(20-24-9-5-2-6-10-24)45-39(55)28(19-23-7-3-1-4-8-23)44-33(52)17-18-43-27-15-16-31(50(59)60)35-34(27)48-66-49-35/h1-16,28-30,32,36-38,42-43,51,53-54,58H,17-22H2,(H,44,52)(H,45,55)(H,46,56)(H,47,57)(H2,61,62,63)/t28-,29-,30-,32-,36-,37-,38-,42-/m1/s1. The van der Waals surface area contributed by atoms with Crippen LogP contribution < -0.4 is 31.1 Å². The van der Waals surface area contributed by atoms with Gasteiger partial charge in [0.2, 0.25) is 29.1 Å². The summed E-state index contributed by atoms with van der Waals surface area (Å²) in [5, 5.41) is 73.5. The number of rotatable bonds is 21. The number of nitrogens with one attached hydrogen (secondary N) is 5. The first kappa shape index (κ1) is 49.5. The molecule has 5 aromatic rings. The summed E-state index contributed by atoms with van der Waals surface area (Å²) in [6.45, 7) is -0.789. The first-order valence-corrected chi connectivity index (χ1v) is 22.1. The summed E-state index contributed by atoms with van der Waals surface area (Å²) in [7, 11) is -4.92. The van der Waals surface area contributed by atoms with Crippen LogP contribution in [0.15, 0.2) is 102 Å². The highest BCUT2D eigenvalue weighted by molar-refractivity contribution is 7.46.